The lowest BCUT2D eigenvalue weighted by molar-refractivity contribution is 0.0641. The van der Waals surface area contributed by atoms with Crippen LogP contribution in [0.5, 0.6) is 69.0 Å². The van der Waals surface area contributed by atoms with E-state index in [1.807, 2.05) is 0 Å². The maximum absolute atomic E-state index is 7.00. The van der Waals surface area contributed by atoms with Crippen LogP contribution in [0.1, 0.15) is 518 Å². The van der Waals surface area contributed by atoms with Gasteiger partial charge in [0.25, 0.3) is 0 Å². The van der Waals surface area contributed by atoms with E-state index in [0.29, 0.717) is 75.9 Å². The molecule has 0 atom stereocenters. The Balaban J connectivity index is 1.26. The first-order valence-corrected chi connectivity index (χ1v) is 62.0. The Labute approximate surface area is 894 Å². The van der Waals surface area contributed by atoms with Crippen molar-refractivity contribution in [2.24, 2.45) is 0 Å². The molecule has 1 aliphatic heterocycles. The van der Waals surface area contributed by atoms with E-state index in [9.17, 15) is 0 Å². The van der Waals surface area contributed by atoms with Crippen molar-refractivity contribution >= 4 is 0 Å². The number of hydrogen-bond acceptors (Lipinski definition) is 14. The van der Waals surface area contributed by atoms with Gasteiger partial charge in [-0.15, -0.1) is 0 Å². The van der Waals surface area contributed by atoms with Crippen LogP contribution in [0.2, 0.25) is 0 Å². The molecule has 14 nitrogen and oxygen atoms in total. The van der Waals surface area contributed by atoms with Gasteiger partial charge >= 0.3 is 0 Å². The van der Waals surface area contributed by atoms with Crippen LogP contribution in [0.15, 0.2) is 97.1 Å². The maximum Gasteiger partial charge on any atom is 0.161 e. The van der Waals surface area contributed by atoms with E-state index in [1.165, 1.54) is 360 Å². The Kier molecular flexibility index (Phi) is 76.2. The summed E-state index contributed by atoms with van der Waals surface area (Å²) in [5.41, 5.74) is 7.73. The number of benzene rings is 6. The normalized spacial score (nSPS) is 12.6. The topological polar surface area (TPSA) is 129 Å². The molecule has 0 radical (unpaired) electrons. The third-order valence-electron chi connectivity index (χ3n) is 29.2. The van der Waals surface area contributed by atoms with E-state index in [4.69, 9.17) is 66.3 Å². The van der Waals surface area contributed by atoms with Crippen molar-refractivity contribution < 1.29 is 66.3 Å². The summed E-state index contributed by atoms with van der Waals surface area (Å²) in [6.07, 6.45) is 89.7. The first-order chi connectivity index (χ1) is 72.4. The lowest BCUT2D eigenvalue weighted by Crippen LogP contribution is -2.15. The van der Waals surface area contributed by atoms with Gasteiger partial charge in [0.2, 0.25) is 0 Å². The quantitative estimate of drug-likeness (QED) is 0.0336. The molecule has 0 saturated heterocycles. The van der Waals surface area contributed by atoms with E-state index >= 15 is 0 Å². The lowest BCUT2D eigenvalue weighted by Gasteiger charge is -2.21. The van der Waals surface area contributed by atoms with Gasteiger partial charge in [0.1, 0.15) is 26.4 Å². The smallest absolute Gasteiger partial charge is 0.161 e. The Bertz CT molecular complexity index is 3550. The summed E-state index contributed by atoms with van der Waals surface area (Å²) < 4.78 is 96.2. The van der Waals surface area contributed by atoms with Crippen LogP contribution in [0, 0.1) is 0 Å². The second-order valence-electron chi connectivity index (χ2n) is 42.4. The number of fused-ring (bicyclic) bond motifs is 2. The van der Waals surface area contributed by atoms with Gasteiger partial charge in [-0.05, 0) is 169 Å². The van der Waals surface area contributed by atoms with E-state index in [1.54, 1.807) is 0 Å². The Hall–Kier alpha value is -7.16. The van der Waals surface area contributed by atoms with Gasteiger partial charge in [-0.1, -0.05) is 491 Å². The molecule has 1 aliphatic rings. The predicted octanol–water partition coefficient (Wildman–Crippen LogP) is 40.9. The van der Waals surface area contributed by atoms with Gasteiger partial charge in [0.05, 0.1) is 79.3 Å². The SMILES string of the molecule is CCCCCCCCCCCOc1ccc(-c2cc3c(cc2-c2ccc(OCCCCCCCCCCC)c(OCCCCCCCCCCC)c2)OCCOCCOc2cc(-c4ccc(OCCCCCCCCCCC)c(OCCCCCCCCCCC)c4)c(-c4ccc(OCCCCCCCCCCC)c(OCCCCCCCCCCC)c4)cc2OCCOCCO3)cc1OCCCCCCCCCCC. The van der Waals surface area contributed by atoms with Crippen LogP contribution in [0.4, 0.5) is 0 Å². The highest BCUT2D eigenvalue weighted by atomic mass is 16.6. The lowest BCUT2D eigenvalue weighted by atomic mass is 9.93. The van der Waals surface area contributed by atoms with Crippen molar-refractivity contribution in [3.05, 3.63) is 97.1 Å². The molecule has 828 valence electrons. The van der Waals surface area contributed by atoms with Gasteiger partial charge in [-0.25, -0.2) is 0 Å². The monoisotopic (exact) mass is 2030 g/mol. The summed E-state index contributed by atoms with van der Waals surface area (Å²) in [6, 6.07) is 34.7. The molecule has 14 heteroatoms. The summed E-state index contributed by atoms with van der Waals surface area (Å²) in [6.45, 7) is 25.5. The van der Waals surface area contributed by atoms with Gasteiger partial charge in [-0.2, -0.15) is 0 Å². The van der Waals surface area contributed by atoms with Crippen molar-refractivity contribution in [1.82, 2.24) is 0 Å². The maximum atomic E-state index is 7.00. The number of unbranched alkanes of at least 4 members (excludes halogenated alkanes) is 64. The molecule has 0 fully saturated rings. The summed E-state index contributed by atoms with van der Waals surface area (Å²) in [5, 5.41) is 0. The highest BCUT2D eigenvalue weighted by Gasteiger charge is 2.25. The standard InChI is InChI=1S/C132H216O14/c1-9-17-25-33-41-49-57-65-73-89-135-121-85-81-113(105-125(121)139-93-77-69-61-53-45-37-29-21-13-5)117-109-129-130(110-118(117)114-82-86-122(136-90-74-66-58-50-42-34-26-18-10-2)126(106-114)140-94-78-70-62-54-46-38-30-22-14-6)144-102-98-134-100-104-146-132-112-120(116-84-88-124(138-92-76-68-60-52-44-36-28-20-12-4)128(108-116)142-96-80-72-64-56-48-40-32-24-16-8)119(111-131(132)145-103-99-133-97-101-143-129)115-83-87-123(137-91-75-67-59-51-43-35-27-19-11-3)127(107-115)141-95-79-71-63-55-47-39-31-23-15-7/h81-88,105-112H,9-80,89-104H2,1-8H3. The molecule has 146 heavy (non-hydrogen) atoms. The van der Waals surface area contributed by atoms with Gasteiger partial charge in [-0.3, -0.25) is 0 Å². The molecular weight excluding hydrogens is 1810 g/mol. The molecule has 0 aliphatic carbocycles. The molecule has 0 saturated carbocycles. The van der Waals surface area contributed by atoms with Crippen LogP contribution in [0.3, 0.4) is 0 Å². The molecule has 0 amide bonds. The Morgan fingerprint density at radius 3 is 0.418 bits per heavy atom. The summed E-state index contributed by atoms with van der Waals surface area (Å²) in [7, 11) is 0. The zero-order valence-electron chi connectivity index (χ0n) is 95.2. The molecule has 1 heterocycles. The third-order valence-corrected chi connectivity index (χ3v) is 29.2. The average molecular weight is 2030 g/mol. The number of ether oxygens (including phenoxy) is 14. The fraction of sp³-hybridized carbons (Fsp3) is 0.727. The summed E-state index contributed by atoms with van der Waals surface area (Å²) >= 11 is 0. The molecular formula is C132H216O14. The number of rotatable bonds is 92. The average Bonchev–Trinajstić information content (AvgIpc) is 0.778. The highest BCUT2D eigenvalue weighted by molar-refractivity contribution is 5.89. The summed E-state index contributed by atoms with van der Waals surface area (Å²) in [5.74, 6) is 8.53. The zero-order valence-corrected chi connectivity index (χ0v) is 95.2. The largest absolute Gasteiger partial charge is 0.490 e. The molecule has 0 bridgehead atoms. The van der Waals surface area contributed by atoms with E-state index < -0.39 is 0 Å². The van der Waals surface area contributed by atoms with Crippen LogP contribution in [-0.4, -0.2) is 106 Å². The third kappa shape index (κ3) is 57.9. The van der Waals surface area contributed by atoms with Crippen molar-refractivity contribution in [2.45, 2.75) is 518 Å². The molecule has 6 aromatic carbocycles. The van der Waals surface area contributed by atoms with Crippen LogP contribution >= 0.6 is 0 Å². The molecule has 0 unspecified atom stereocenters. The minimum absolute atomic E-state index is 0.246. The minimum Gasteiger partial charge on any atom is -0.490 e. The second kappa shape index (κ2) is 88.4. The van der Waals surface area contributed by atoms with Gasteiger partial charge in [0, 0.05) is 0 Å². The first-order valence-electron chi connectivity index (χ1n) is 62.0. The molecule has 6 aromatic rings. The Morgan fingerprint density at radius 1 is 0.144 bits per heavy atom. The molecule has 0 spiro atoms. The van der Waals surface area contributed by atoms with Crippen molar-refractivity contribution in [2.75, 3.05) is 106 Å². The van der Waals surface area contributed by atoms with E-state index in [2.05, 4.69) is 152 Å². The van der Waals surface area contributed by atoms with Gasteiger partial charge in [0.15, 0.2) is 69.0 Å². The van der Waals surface area contributed by atoms with Crippen molar-refractivity contribution in [1.29, 1.82) is 0 Å². The second-order valence-corrected chi connectivity index (χ2v) is 42.4. The summed E-state index contributed by atoms with van der Waals surface area (Å²) in [4.78, 5) is 0. The minimum atomic E-state index is 0.246. The first kappa shape index (κ1) is 126. The van der Waals surface area contributed by atoms with Gasteiger partial charge < -0.3 is 66.3 Å². The number of hydrogen-bond donors (Lipinski definition) is 0. The van der Waals surface area contributed by atoms with E-state index in [0.717, 1.165) is 193 Å². The predicted molar refractivity (Wildman–Crippen MR) is 620 cm³/mol. The zero-order chi connectivity index (χ0) is 103. The van der Waals surface area contributed by atoms with Crippen LogP contribution in [0.25, 0.3) is 44.5 Å². The molecule has 0 N–H and O–H groups in total. The van der Waals surface area contributed by atoms with Crippen molar-refractivity contribution in [3.63, 3.8) is 0 Å². The van der Waals surface area contributed by atoms with E-state index in [-0.39, 0.29) is 52.9 Å². The van der Waals surface area contributed by atoms with Crippen molar-refractivity contribution in [3.8, 4) is 114 Å². The van der Waals surface area contributed by atoms with Crippen LogP contribution in [-0.2, 0) is 9.47 Å². The van der Waals surface area contributed by atoms with Crippen LogP contribution < -0.4 is 56.8 Å². The molecule has 0 aromatic heterocycles. The highest BCUT2D eigenvalue weighted by Crippen LogP contribution is 2.49. The Morgan fingerprint density at radius 2 is 0.274 bits per heavy atom. The fourth-order valence-electron chi connectivity index (χ4n) is 20.0. The fourth-order valence-corrected chi connectivity index (χ4v) is 20.0. The molecule has 7 rings (SSSR count).